The van der Waals surface area contributed by atoms with Crippen molar-refractivity contribution in [3.63, 3.8) is 0 Å². The van der Waals surface area contributed by atoms with Gasteiger partial charge in [-0.3, -0.25) is 0 Å². The summed E-state index contributed by atoms with van der Waals surface area (Å²) in [5.74, 6) is 1.40. The maximum Gasteiger partial charge on any atom is 0.197 e. The van der Waals surface area contributed by atoms with Crippen molar-refractivity contribution in [3.8, 4) is 11.4 Å². The zero-order valence-corrected chi connectivity index (χ0v) is 13.6. The Kier molecular flexibility index (Phi) is 3.76. The molecule has 1 aromatic heterocycles. The van der Waals surface area contributed by atoms with Crippen molar-refractivity contribution < 1.29 is 4.84 Å². The highest BCUT2D eigenvalue weighted by atomic mass is 35.5. The molecule has 0 saturated heterocycles. The highest BCUT2D eigenvalue weighted by Gasteiger charge is 2.27. The monoisotopic (exact) mass is 339 g/mol. The zero-order valence-electron chi connectivity index (χ0n) is 12.9. The molecule has 3 aromatic rings. The van der Waals surface area contributed by atoms with Gasteiger partial charge in [-0.25, -0.2) is 0 Å². The number of nitrogens with zero attached hydrogens (tertiary/aromatic N) is 5. The highest BCUT2D eigenvalue weighted by Crippen LogP contribution is 2.36. The van der Waals surface area contributed by atoms with Crippen LogP contribution in [0, 0.1) is 0 Å². The van der Waals surface area contributed by atoms with Crippen LogP contribution in [-0.4, -0.2) is 32.3 Å². The fraction of sp³-hybridized carbons (Fsp3) is 0.118. The number of tetrazole rings is 1. The third-order valence-electron chi connectivity index (χ3n) is 3.79. The average Bonchev–Trinajstić information content (AvgIpc) is 3.17. The Bertz CT molecular complexity index is 890. The average molecular weight is 340 g/mol. The Morgan fingerprint density at radius 3 is 2.75 bits per heavy atom. The van der Waals surface area contributed by atoms with Crippen LogP contribution in [-0.2, 0) is 0 Å². The first-order chi connectivity index (χ1) is 11.7. The number of benzene rings is 2. The lowest BCUT2D eigenvalue weighted by molar-refractivity contribution is -0.0290. The number of hydrogen-bond acceptors (Lipinski definition) is 5. The van der Waals surface area contributed by atoms with E-state index in [4.69, 9.17) is 16.4 Å². The fourth-order valence-electron chi connectivity index (χ4n) is 2.59. The van der Waals surface area contributed by atoms with Crippen LogP contribution in [0.4, 0.5) is 0 Å². The van der Waals surface area contributed by atoms with Gasteiger partial charge in [-0.05, 0) is 41.6 Å². The number of hydroxylamine groups is 2. The van der Waals surface area contributed by atoms with Crippen LogP contribution < -0.4 is 4.84 Å². The van der Waals surface area contributed by atoms with Crippen molar-refractivity contribution in [3.05, 3.63) is 71.0 Å². The summed E-state index contributed by atoms with van der Waals surface area (Å²) >= 11 is 5.89. The number of likely N-dealkylation sites (N-methyl/N-ethyl adjacent to an activating group) is 1. The van der Waals surface area contributed by atoms with Gasteiger partial charge in [0.2, 0.25) is 0 Å². The third-order valence-corrected chi connectivity index (χ3v) is 4.04. The van der Waals surface area contributed by atoms with Gasteiger partial charge in [0, 0.05) is 17.6 Å². The SMILES string of the molecule is CN1Oc2ccccc2C1/C=C/c1nnn(-c2ccc(Cl)cc2)n1. The van der Waals surface area contributed by atoms with E-state index in [2.05, 4.69) is 15.4 Å². The van der Waals surface area contributed by atoms with Crippen LogP contribution in [0.15, 0.2) is 54.6 Å². The molecule has 1 aliphatic rings. The van der Waals surface area contributed by atoms with Gasteiger partial charge in [0.25, 0.3) is 0 Å². The second kappa shape index (κ2) is 6.07. The molecular weight excluding hydrogens is 326 g/mol. The molecule has 0 saturated carbocycles. The lowest BCUT2D eigenvalue weighted by atomic mass is 10.1. The third kappa shape index (κ3) is 2.77. The predicted octanol–water partition coefficient (Wildman–Crippen LogP) is 3.31. The van der Waals surface area contributed by atoms with Crippen LogP contribution in [0.2, 0.25) is 5.02 Å². The molecule has 1 unspecified atom stereocenters. The first-order valence-electron chi connectivity index (χ1n) is 7.44. The van der Waals surface area contributed by atoms with Crippen molar-refractivity contribution >= 4 is 17.7 Å². The molecule has 0 N–H and O–H groups in total. The van der Waals surface area contributed by atoms with Gasteiger partial charge >= 0.3 is 0 Å². The molecular formula is C17H14ClN5O. The molecule has 0 fully saturated rings. The minimum Gasteiger partial charge on any atom is -0.405 e. The molecule has 120 valence electrons. The molecule has 0 radical (unpaired) electrons. The number of hydrogen-bond donors (Lipinski definition) is 0. The Morgan fingerprint density at radius 1 is 1.12 bits per heavy atom. The topological polar surface area (TPSA) is 56.1 Å². The smallest absolute Gasteiger partial charge is 0.197 e. The first kappa shape index (κ1) is 14.9. The summed E-state index contributed by atoms with van der Waals surface area (Å²) in [6.45, 7) is 0. The normalized spacial score (nSPS) is 17.2. The quantitative estimate of drug-likeness (QED) is 0.732. The fourth-order valence-corrected chi connectivity index (χ4v) is 2.72. The van der Waals surface area contributed by atoms with Crippen molar-refractivity contribution in [2.24, 2.45) is 0 Å². The Morgan fingerprint density at radius 2 is 1.92 bits per heavy atom. The van der Waals surface area contributed by atoms with Crippen LogP contribution in [0.1, 0.15) is 17.4 Å². The summed E-state index contributed by atoms with van der Waals surface area (Å²) < 4.78 is 0. The van der Waals surface area contributed by atoms with Gasteiger partial charge in [0.1, 0.15) is 0 Å². The van der Waals surface area contributed by atoms with E-state index >= 15 is 0 Å². The van der Waals surface area contributed by atoms with Gasteiger partial charge in [0.05, 0.1) is 11.7 Å². The van der Waals surface area contributed by atoms with Gasteiger partial charge in [-0.2, -0.15) is 0 Å². The number of rotatable bonds is 3. The summed E-state index contributed by atoms with van der Waals surface area (Å²) in [4.78, 5) is 7.17. The van der Waals surface area contributed by atoms with E-state index in [1.807, 2.05) is 55.6 Å². The molecule has 0 spiro atoms. The summed E-state index contributed by atoms with van der Waals surface area (Å²) in [7, 11) is 1.90. The van der Waals surface area contributed by atoms with Crippen molar-refractivity contribution in [1.29, 1.82) is 0 Å². The summed E-state index contributed by atoms with van der Waals surface area (Å²) in [6, 6.07) is 15.2. The lowest BCUT2D eigenvalue weighted by Gasteiger charge is -2.13. The van der Waals surface area contributed by atoms with Crippen molar-refractivity contribution in [2.45, 2.75) is 6.04 Å². The molecule has 7 heteroatoms. The molecule has 24 heavy (non-hydrogen) atoms. The molecule has 0 bridgehead atoms. The second-order valence-electron chi connectivity index (χ2n) is 5.39. The lowest BCUT2D eigenvalue weighted by Crippen LogP contribution is -2.19. The molecule has 0 amide bonds. The zero-order chi connectivity index (χ0) is 16.5. The molecule has 6 nitrogen and oxygen atoms in total. The molecule has 2 heterocycles. The molecule has 1 aliphatic heterocycles. The van der Waals surface area contributed by atoms with E-state index in [9.17, 15) is 0 Å². The van der Waals surface area contributed by atoms with E-state index in [-0.39, 0.29) is 6.04 Å². The largest absolute Gasteiger partial charge is 0.405 e. The first-order valence-corrected chi connectivity index (χ1v) is 7.82. The molecule has 1 atom stereocenters. The van der Waals surface area contributed by atoms with Crippen LogP contribution in [0.25, 0.3) is 11.8 Å². The Hall–Kier alpha value is -2.70. The summed E-state index contributed by atoms with van der Waals surface area (Å²) in [5.41, 5.74) is 1.92. The second-order valence-corrected chi connectivity index (χ2v) is 5.83. The van der Waals surface area contributed by atoms with Crippen LogP contribution in [0.5, 0.6) is 5.75 Å². The highest BCUT2D eigenvalue weighted by molar-refractivity contribution is 6.30. The number of aromatic nitrogens is 4. The Labute approximate surface area is 143 Å². The standard InChI is InChI=1S/C17H14ClN5O/c1-22-15(14-4-2-3-5-16(14)24-22)10-11-17-19-21-23(20-17)13-8-6-12(18)7-9-13/h2-11,15H,1H3/b11-10+. The van der Waals surface area contributed by atoms with E-state index in [0.29, 0.717) is 10.8 Å². The van der Waals surface area contributed by atoms with E-state index in [1.165, 1.54) is 4.80 Å². The Balaban J connectivity index is 1.56. The summed E-state index contributed by atoms with van der Waals surface area (Å²) in [6.07, 6.45) is 3.83. The molecule has 4 rings (SSSR count). The molecule has 2 aromatic carbocycles. The van der Waals surface area contributed by atoms with Crippen molar-refractivity contribution in [1.82, 2.24) is 25.3 Å². The van der Waals surface area contributed by atoms with Gasteiger partial charge in [0.15, 0.2) is 11.6 Å². The van der Waals surface area contributed by atoms with Gasteiger partial charge in [-0.1, -0.05) is 35.9 Å². The van der Waals surface area contributed by atoms with E-state index < -0.39 is 0 Å². The maximum atomic E-state index is 5.89. The minimum absolute atomic E-state index is 0.0173. The van der Waals surface area contributed by atoms with Crippen LogP contribution in [0.3, 0.4) is 0 Å². The van der Waals surface area contributed by atoms with Gasteiger partial charge < -0.3 is 4.84 Å². The number of halogens is 1. The molecule has 0 aliphatic carbocycles. The van der Waals surface area contributed by atoms with Gasteiger partial charge in [-0.15, -0.1) is 20.1 Å². The van der Waals surface area contributed by atoms with Crippen molar-refractivity contribution in [2.75, 3.05) is 7.05 Å². The van der Waals surface area contributed by atoms with E-state index in [1.54, 1.807) is 17.2 Å². The van der Waals surface area contributed by atoms with Crippen LogP contribution >= 0.6 is 11.6 Å². The minimum atomic E-state index is 0.0173. The van der Waals surface area contributed by atoms with E-state index in [0.717, 1.165) is 17.0 Å². The summed E-state index contributed by atoms with van der Waals surface area (Å²) in [5, 5.41) is 14.9. The number of para-hydroxylation sites is 1. The maximum absolute atomic E-state index is 5.89. The number of fused-ring (bicyclic) bond motifs is 1. The predicted molar refractivity (Wildman–Crippen MR) is 90.8 cm³/mol.